The van der Waals surface area contributed by atoms with E-state index in [1.807, 2.05) is 12.1 Å². The quantitative estimate of drug-likeness (QED) is 0.646. The molecule has 2 amide bonds. The molecule has 0 fully saturated rings. The predicted octanol–water partition coefficient (Wildman–Crippen LogP) is 3.36. The zero-order valence-electron chi connectivity index (χ0n) is 15.6. The standard InChI is InChI=1S/C20H23BrN2O4/c1-23(2)19(24)12-14-4-7-16(8-5-14)22-20(25)15-6-9-18(17(21)13-15)27-11-10-26-3/h4-9,13H,10-12H2,1-3H3,(H,22,25). The van der Waals surface area contributed by atoms with E-state index in [1.54, 1.807) is 56.4 Å². The first-order chi connectivity index (χ1) is 12.9. The third-order valence-electron chi connectivity index (χ3n) is 3.81. The molecule has 2 rings (SSSR count). The number of methoxy groups -OCH3 is 1. The van der Waals surface area contributed by atoms with Crippen LogP contribution >= 0.6 is 15.9 Å². The van der Waals surface area contributed by atoms with Crippen molar-refractivity contribution in [1.29, 1.82) is 0 Å². The summed E-state index contributed by atoms with van der Waals surface area (Å²) in [6.07, 6.45) is 0.332. The van der Waals surface area contributed by atoms with Gasteiger partial charge in [0.25, 0.3) is 5.91 Å². The average Bonchev–Trinajstić information content (AvgIpc) is 2.64. The molecule has 0 bridgehead atoms. The van der Waals surface area contributed by atoms with Gasteiger partial charge in [-0.1, -0.05) is 12.1 Å². The summed E-state index contributed by atoms with van der Waals surface area (Å²) in [4.78, 5) is 25.7. The molecule has 0 aliphatic rings. The van der Waals surface area contributed by atoms with Crippen LogP contribution in [0.25, 0.3) is 0 Å². The van der Waals surface area contributed by atoms with Crippen molar-refractivity contribution >= 4 is 33.4 Å². The molecular formula is C20H23BrN2O4. The van der Waals surface area contributed by atoms with Crippen molar-refractivity contribution in [2.45, 2.75) is 6.42 Å². The van der Waals surface area contributed by atoms with E-state index in [0.29, 0.717) is 41.1 Å². The van der Waals surface area contributed by atoms with Crippen molar-refractivity contribution in [3.05, 3.63) is 58.1 Å². The average molecular weight is 435 g/mol. The first-order valence-electron chi connectivity index (χ1n) is 8.42. The lowest BCUT2D eigenvalue weighted by Gasteiger charge is -2.11. The highest BCUT2D eigenvalue weighted by Gasteiger charge is 2.10. The van der Waals surface area contributed by atoms with Crippen LogP contribution in [0.5, 0.6) is 5.75 Å². The van der Waals surface area contributed by atoms with E-state index in [1.165, 1.54) is 0 Å². The molecule has 6 nitrogen and oxygen atoms in total. The molecule has 0 atom stereocenters. The monoisotopic (exact) mass is 434 g/mol. The second kappa shape index (κ2) is 10.1. The minimum atomic E-state index is -0.226. The molecule has 2 aromatic carbocycles. The lowest BCUT2D eigenvalue weighted by atomic mass is 10.1. The topological polar surface area (TPSA) is 67.9 Å². The van der Waals surface area contributed by atoms with Crippen molar-refractivity contribution in [1.82, 2.24) is 4.90 Å². The van der Waals surface area contributed by atoms with Crippen molar-refractivity contribution in [3.8, 4) is 5.75 Å². The number of hydrogen-bond donors (Lipinski definition) is 1. The van der Waals surface area contributed by atoms with E-state index in [0.717, 1.165) is 5.56 Å². The van der Waals surface area contributed by atoms with E-state index in [2.05, 4.69) is 21.2 Å². The van der Waals surface area contributed by atoms with E-state index < -0.39 is 0 Å². The number of anilines is 1. The minimum absolute atomic E-state index is 0.0319. The molecule has 0 unspecified atom stereocenters. The number of amides is 2. The molecule has 144 valence electrons. The first kappa shape index (κ1) is 20.9. The number of ether oxygens (including phenoxy) is 2. The van der Waals surface area contributed by atoms with Gasteiger partial charge in [0.1, 0.15) is 12.4 Å². The van der Waals surface area contributed by atoms with Gasteiger partial charge in [-0.2, -0.15) is 0 Å². The molecule has 1 N–H and O–H groups in total. The summed E-state index contributed by atoms with van der Waals surface area (Å²) in [6, 6.07) is 12.4. The second-order valence-electron chi connectivity index (χ2n) is 6.10. The smallest absolute Gasteiger partial charge is 0.255 e. The SMILES string of the molecule is COCCOc1ccc(C(=O)Nc2ccc(CC(=O)N(C)C)cc2)cc1Br. The predicted molar refractivity (Wildman–Crippen MR) is 108 cm³/mol. The lowest BCUT2D eigenvalue weighted by molar-refractivity contribution is -0.127. The number of carbonyl (C=O) groups excluding carboxylic acids is 2. The van der Waals surface area contributed by atoms with Crippen LogP contribution in [0.15, 0.2) is 46.9 Å². The molecule has 27 heavy (non-hydrogen) atoms. The molecule has 7 heteroatoms. The Bertz CT molecular complexity index is 791. The summed E-state index contributed by atoms with van der Waals surface area (Å²) in [5, 5.41) is 2.84. The van der Waals surface area contributed by atoms with Gasteiger partial charge in [-0.3, -0.25) is 9.59 Å². The first-order valence-corrected chi connectivity index (χ1v) is 9.21. The fraction of sp³-hybridized carbons (Fsp3) is 0.300. The largest absolute Gasteiger partial charge is 0.490 e. The molecule has 0 saturated carbocycles. The van der Waals surface area contributed by atoms with E-state index in [-0.39, 0.29) is 11.8 Å². The summed E-state index contributed by atoms with van der Waals surface area (Å²) in [5.41, 5.74) is 2.07. The van der Waals surface area contributed by atoms with Gasteiger partial charge in [0.2, 0.25) is 5.91 Å². The van der Waals surface area contributed by atoms with Crippen LogP contribution in [-0.4, -0.2) is 51.1 Å². The number of nitrogens with one attached hydrogen (secondary N) is 1. The number of carbonyl (C=O) groups is 2. The van der Waals surface area contributed by atoms with Crippen LogP contribution in [0.2, 0.25) is 0 Å². The molecule has 0 saturated heterocycles. The maximum Gasteiger partial charge on any atom is 0.255 e. The summed E-state index contributed by atoms with van der Waals surface area (Å²) in [6.45, 7) is 0.925. The minimum Gasteiger partial charge on any atom is -0.490 e. The Hall–Kier alpha value is -2.38. The van der Waals surface area contributed by atoms with E-state index in [4.69, 9.17) is 9.47 Å². The van der Waals surface area contributed by atoms with Crippen LogP contribution in [-0.2, 0) is 16.0 Å². The van der Waals surface area contributed by atoms with E-state index in [9.17, 15) is 9.59 Å². The highest BCUT2D eigenvalue weighted by atomic mass is 79.9. The normalized spacial score (nSPS) is 10.4. The number of halogens is 1. The van der Waals surface area contributed by atoms with Crippen LogP contribution < -0.4 is 10.1 Å². The van der Waals surface area contributed by atoms with E-state index >= 15 is 0 Å². The van der Waals surface area contributed by atoms with Crippen molar-refractivity contribution < 1.29 is 19.1 Å². The third-order valence-corrected chi connectivity index (χ3v) is 4.42. The van der Waals surface area contributed by atoms with Gasteiger partial charge in [-0.15, -0.1) is 0 Å². The molecule has 0 aliphatic heterocycles. The highest BCUT2D eigenvalue weighted by molar-refractivity contribution is 9.10. The zero-order chi connectivity index (χ0) is 19.8. The molecule has 0 spiro atoms. The zero-order valence-corrected chi connectivity index (χ0v) is 17.2. The van der Waals surface area contributed by atoms with Gasteiger partial charge < -0.3 is 19.7 Å². The van der Waals surface area contributed by atoms with Gasteiger partial charge in [0, 0.05) is 32.5 Å². The van der Waals surface area contributed by atoms with Crippen LogP contribution in [0.3, 0.4) is 0 Å². The Morgan fingerprint density at radius 3 is 2.37 bits per heavy atom. The van der Waals surface area contributed by atoms with Gasteiger partial charge in [0.15, 0.2) is 0 Å². The fourth-order valence-corrected chi connectivity index (χ4v) is 2.73. The number of likely N-dealkylation sites (N-methyl/N-ethyl adjacent to an activating group) is 1. The maximum atomic E-state index is 12.4. The Labute approximate surface area is 167 Å². The molecule has 0 heterocycles. The summed E-state index contributed by atoms with van der Waals surface area (Å²) >= 11 is 3.42. The van der Waals surface area contributed by atoms with Gasteiger partial charge in [-0.25, -0.2) is 0 Å². The Morgan fingerprint density at radius 2 is 1.78 bits per heavy atom. The molecular weight excluding hydrogens is 412 g/mol. The van der Waals surface area contributed by atoms with Gasteiger partial charge in [0.05, 0.1) is 17.5 Å². The summed E-state index contributed by atoms with van der Waals surface area (Å²) < 4.78 is 11.2. The van der Waals surface area contributed by atoms with Gasteiger partial charge >= 0.3 is 0 Å². The Kier molecular flexibility index (Phi) is 7.82. The number of nitrogens with zero attached hydrogens (tertiary/aromatic N) is 1. The Morgan fingerprint density at radius 1 is 1.07 bits per heavy atom. The maximum absolute atomic E-state index is 12.4. The molecule has 0 radical (unpaired) electrons. The third kappa shape index (κ3) is 6.37. The number of benzene rings is 2. The molecule has 2 aromatic rings. The van der Waals surface area contributed by atoms with Gasteiger partial charge in [-0.05, 0) is 51.8 Å². The number of hydrogen-bond acceptors (Lipinski definition) is 4. The lowest BCUT2D eigenvalue weighted by Crippen LogP contribution is -2.23. The van der Waals surface area contributed by atoms with Crippen molar-refractivity contribution in [2.24, 2.45) is 0 Å². The summed E-state index contributed by atoms with van der Waals surface area (Å²) in [7, 11) is 5.06. The molecule has 0 aliphatic carbocycles. The van der Waals surface area contributed by atoms with Crippen molar-refractivity contribution in [3.63, 3.8) is 0 Å². The fourth-order valence-electron chi connectivity index (χ4n) is 2.24. The number of rotatable bonds is 8. The van der Waals surface area contributed by atoms with Crippen LogP contribution in [0.4, 0.5) is 5.69 Å². The Balaban J connectivity index is 1.98. The van der Waals surface area contributed by atoms with Crippen LogP contribution in [0, 0.1) is 0 Å². The highest BCUT2D eigenvalue weighted by Crippen LogP contribution is 2.26. The molecule has 0 aromatic heterocycles. The second-order valence-corrected chi connectivity index (χ2v) is 6.96. The summed E-state index contributed by atoms with van der Waals surface area (Å²) in [5.74, 6) is 0.458. The van der Waals surface area contributed by atoms with Crippen molar-refractivity contribution in [2.75, 3.05) is 39.7 Å². The van der Waals surface area contributed by atoms with Crippen LogP contribution in [0.1, 0.15) is 15.9 Å².